The van der Waals surface area contributed by atoms with Gasteiger partial charge in [-0.1, -0.05) is 0 Å². The molecule has 1 aliphatic rings. The lowest BCUT2D eigenvalue weighted by molar-refractivity contribution is 0.0133. The van der Waals surface area contributed by atoms with Crippen LogP contribution in [0.4, 0.5) is 18.0 Å². The van der Waals surface area contributed by atoms with Gasteiger partial charge >= 0.3 is 6.09 Å². The van der Waals surface area contributed by atoms with Gasteiger partial charge in [-0.15, -0.1) is 0 Å². The maximum atomic E-state index is 14.4. The number of benzene rings is 1. The van der Waals surface area contributed by atoms with Crippen LogP contribution in [0.2, 0.25) is 0 Å². The second-order valence-corrected chi connectivity index (χ2v) is 6.09. The van der Waals surface area contributed by atoms with Gasteiger partial charge in [-0.05, 0) is 30.7 Å². The summed E-state index contributed by atoms with van der Waals surface area (Å²) in [5, 5.41) is 11.3. The van der Waals surface area contributed by atoms with E-state index >= 15 is 0 Å². The Hall–Kier alpha value is -2.81. The Bertz CT molecular complexity index is 817. The highest BCUT2D eigenvalue weighted by Crippen LogP contribution is 2.29. The molecule has 1 aromatic heterocycles. The molecule has 9 heteroatoms. The number of pyridine rings is 1. The molecule has 2 atom stereocenters. The summed E-state index contributed by atoms with van der Waals surface area (Å²) < 4.78 is 52.3. The predicted octanol–water partition coefficient (Wildman–Crippen LogP) is 3.22. The zero-order chi connectivity index (χ0) is 19.4. The molecule has 0 bridgehead atoms. The van der Waals surface area contributed by atoms with Crippen LogP contribution in [0.5, 0.6) is 5.75 Å². The van der Waals surface area contributed by atoms with Crippen LogP contribution in [-0.4, -0.2) is 42.0 Å². The number of amides is 1. The van der Waals surface area contributed by atoms with Crippen LogP contribution in [-0.2, 0) is 4.74 Å². The highest BCUT2D eigenvalue weighted by molar-refractivity contribution is 5.65. The molecule has 27 heavy (non-hydrogen) atoms. The van der Waals surface area contributed by atoms with E-state index in [0.717, 1.165) is 12.3 Å². The van der Waals surface area contributed by atoms with Crippen molar-refractivity contribution in [2.24, 2.45) is 5.92 Å². The molecule has 1 saturated heterocycles. The first kappa shape index (κ1) is 19.0. The molecule has 1 aliphatic heterocycles. The number of carbonyl (C=O) groups is 1. The number of ether oxygens (including phenoxy) is 2. The largest absolute Gasteiger partial charge is 0.490 e. The topological polar surface area (TPSA) is 80.7 Å². The third-order valence-electron chi connectivity index (χ3n) is 4.29. The number of nitrogens with one attached hydrogen (secondary N) is 1. The van der Waals surface area contributed by atoms with Crippen LogP contribution >= 0.6 is 0 Å². The van der Waals surface area contributed by atoms with Crippen LogP contribution in [0.15, 0.2) is 30.5 Å². The third-order valence-corrected chi connectivity index (χ3v) is 4.29. The Morgan fingerprint density at radius 2 is 2.07 bits per heavy atom. The first-order chi connectivity index (χ1) is 13.0. The summed E-state index contributed by atoms with van der Waals surface area (Å²) in [6.45, 7) is 0.603. The van der Waals surface area contributed by atoms with Crippen molar-refractivity contribution in [1.82, 2.24) is 10.3 Å². The summed E-state index contributed by atoms with van der Waals surface area (Å²) in [7, 11) is 0. The lowest BCUT2D eigenvalue weighted by Crippen LogP contribution is -2.47. The van der Waals surface area contributed by atoms with Crippen molar-refractivity contribution in [2.75, 3.05) is 19.8 Å². The first-order valence-electron chi connectivity index (χ1n) is 8.25. The Morgan fingerprint density at radius 3 is 2.78 bits per heavy atom. The van der Waals surface area contributed by atoms with Crippen LogP contribution in [0, 0.1) is 23.4 Å². The zero-order valence-corrected chi connectivity index (χ0v) is 14.1. The fraction of sp³-hybridized carbons (Fsp3) is 0.333. The lowest BCUT2D eigenvalue weighted by atomic mass is 9.97. The minimum absolute atomic E-state index is 0.0462. The minimum atomic E-state index is -1.20. The number of aromatic nitrogens is 1. The number of carboxylic acid groups (broad SMARTS) is 1. The van der Waals surface area contributed by atoms with Gasteiger partial charge in [0.2, 0.25) is 5.82 Å². The average Bonchev–Trinajstić information content (AvgIpc) is 2.64. The normalized spacial score (nSPS) is 19.5. The summed E-state index contributed by atoms with van der Waals surface area (Å²) in [4.78, 5) is 14.6. The Balaban J connectivity index is 1.73. The maximum absolute atomic E-state index is 14.4. The van der Waals surface area contributed by atoms with Gasteiger partial charge in [0.1, 0.15) is 5.82 Å². The molecule has 6 nitrogen and oxygen atoms in total. The molecule has 2 heterocycles. The molecule has 0 aliphatic carbocycles. The van der Waals surface area contributed by atoms with Gasteiger partial charge in [0, 0.05) is 24.1 Å². The van der Waals surface area contributed by atoms with Crippen molar-refractivity contribution >= 4 is 6.09 Å². The highest BCUT2D eigenvalue weighted by Gasteiger charge is 2.28. The van der Waals surface area contributed by atoms with Gasteiger partial charge in [0.05, 0.1) is 25.1 Å². The lowest BCUT2D eigenvalue weighted by Gasteiger charge is -2.31. The van der Waals surface area contributed by atoms with E-state index < -0.39 is 29.6 Å². The molecule has 1 aromatic carbocycles. The number of hydrogen-bond donors (Lipinski definition) is 2. The van der Waals surface area contributed by atoms with Crippen molar-refractivity contribution in [1.29, 1.82) is 0 Å². The maximum Gasteiger partial charge on any atom is 0.404 e. The molecule has 2 N–H and O–H groups in total. The number of nitrogens with zero attached hydrogens (tertiary/aromatic N) is 1. The Kier molecular flexibility index (Phi) is 5.80. The summed E-state index contributed by atoms with van der Waals surface area (Å²) in [5.74, 6) is -3.59. The fourth-order valence-electron chi connectivity index (χ4n) is 2.88. The number of halogens is 3. The molecule has 1 amide bonds. The van der Waals surface area contributed by atoms with Crippen molar-refractivity contribution in [3.63, 3.8) is 0 Å². The summed E-state index contributed by atoms with van der Waals surface area (Å²) in [6.07, 6.45) is 0.211. The fourth-order valence-corrected chi connectivity index (χ4v) is 2.88. The molecule has 0 unspecified atom stereocenters. The van der Waals surface area contributed by atoms with Gasteiger partial charge in [-0.25, -0.2) is 13.6 Å². The van der Waals surface area contributed by atoms with E-state index in [-0.39, 0.29) is 36.1 Å². The molecule has 144 valence electrons. The van der Waals surface area contributed by atoms with E-state index in [1.54, 1.807) is 0 Å². The van der Waals surface area contributed by atoms with Gasteiger partial charge in [0.15, 0.2) is 11.6 Å². The average molecular weight is 382 g/mol. The molecular formula is C18H17F3N2O4. The standard InChI is InChI=1S/C18H17F3N2O4/c19-11-1-3-14(22-7-11)12-2-4-15(17(21)16(12)20)27-9-10-8-26-6-5-13(10)23-18(24)25/h1-4,7,10,13,23H,5-6,8-9H2,(H,24,25)/t10-,13+/m1/s1. The highest BCUT2D eigenvalue weighted by atomic mass is 19.2. The Labute approximate surface area is 152 Å². The van der Waals surface area contributed by atoms with Gasteiger partial charge in [0.25, 0.3) is 0 Å². The molecule has 0 spiro atoms. The van der Waals surface area contributed by atoms with Gasteiger partial charge < -0.3 is 19.9 Å². The van der Waals surface area contributed by atoms with Gasteiger partial charge in [-0.3, -0.25) is 4.98 Å². The summed E-state index contributed by atoms with van der Waals surface area (Å²) in [5.41, 5.74) is -0.0305. The van der Waals surface area contributed by atoms with Gasteiger partial charge in [-0.2, -0.15) is 4.39 Å². The zero-order valence-electron chi connectivity index (χ0n) is 14.1. The molecule has 0 saturated carbocycles. The van der Waals surface area contributed by atoms with Crippen molar-refractivity contribution in [3.8, 4) is 17.0 Å². The summed E-state index contributed by atoms with van der Waals surface area (Å²) >= 11 is 0. The van der Waals surface area contributed by atoms with Crippen molar-refractivity contribution < 1.29 is 32.5 Å². The third kappa shape index (κ3) is 4.48. The molecule has 1 fully saturated rings. The first-order valence-corrected chi connectivity index (χ1v) is 8.25. The smallest absolute Gasteiger partial charge is 0.404 e. The molecule has 3 rings (SSSR count). The SMILES string of the molecule is O=C(O)N[C@H]1CCOC[C@@H]1COc1ccc(-c2ccc(F)cn2)c(F)c1F. The van der Waals surface area contributed by atoms with Crippen LogP contribution < -0.4 is 10.1 Å². The predicted molar refractivity (Wildman–Crippen MR) is 88.9 cm³/mol. The van der Waals surface area contributed by atoms with Crippen LogP contribution in [0.25, 0.3) is 11.3 Å². The minimum Gasteiger partial charge on any atom is -0.490 e. The molecular weight excluding hydrogens is 365 g/mol. The number of hydrogen-bond acceptors (Lipinski definition) is 4. The van der Waals surface area contributed by atoms with E-state index in [0.29, 0.717) is 13.0 Å². The number of rotatable bonds is 5. The van der Waals surface area contributed by atoms with Crippen LogP contribution in [0.3, 0.4) is 0 Å². The quantitative estimate of drug-likeness (QED) is 0.830. The monoisotopic (exact) mass is 382 g/mol. The van der Waals surface area contributed by atoms with Crippen molar-refractivity contribution in [2.45, 2.75) is 12.5 Å². The van der Waals surface area contributed by atoms with E-state index in [4.69, 9.17) is 14.6 Å². The molecule has 0 radical (unpaired) electrons. The van der Waals surface area contributed by atoms with E-state index in [2.05, 4.69) is 10.3 Å². The molecule has 2 aromatic rings. The Morgan fingerprint density at radius 1 is 1.26 bits per heavy atom. The van der Waals surface area contributed by atoms with Crippen LogP contribution in [0.1, 0.15) is 6.42 Å². The van der Waals surface area contributed by atoms with Crippen molar-refractivity contribution in [3.05, 3.63) is 47.9 Å². The second kappa shape index (κ2) is 8.26. The van der Waals surface area contributed by atoms with E-state index in [9.17, 15) is 18.0 Å². The van der Waals surface area contributed by atoms with E-state index in [1.165, 1.54) is 18.2 Å². The van der Waals surface area contributed by atoms with E-state index in [1.807, 2.05) is 0 Å². The summed E-state index contributed by atoms with van der Waals surface area (Å²) in [6, 6.07) is 4.49. The second-order valence-electron chi connectivity index (χ2n) is 6.09.